The Bertz CT molecular complexity index is 814. The number of amides is 1. The van der Waals surface area contributed by atoms with Crippen molar-refractivity contribution in [3.8, 4) is 6.07 Å². The van der Waals surface area contributed by atoms with Crippen LogP contribution in [0.4, 0.5) is 8.78 Å². The summed E-state index contributed by atoms with van der Waals surface area (Å²) in [6.45, 7) is 0.922. The molecule has 2 rings (SSSR count). The lowest BCUT2D eigenvalue weighted by Gasteiger charge is -2.07. The second kappa shape index (κ2) is 9.34. The van der Waals surface area contributed by atoms with Crippen LogP contribution in [0.1, 0.15) is 34.6 Å². The van der Waals surface area contributed by atoms with Gasteiger partial charge in [0.15, 0.2) is 0 Å². The number of rotatable bonds is 8. The molecule has 0 radical (unpaired) electrons. The quantitative estimate of drug-likeness (QED) is 0.715. The molecule has 0 unspecified atom stereocenters. The number of aromatic nitrogens is 2. The zero-order valence-electron chi connectivity index (χ0n) is 14.6. The van der Waals surface area contributed by atoms with E-state index in [4.69, 9.17) is 5.26 Å². The van der Waals surface area contributed by atoms with E-state index in [1.807, 2.05) is 18.2 Å². The van der Waals surface area contributed by atoms with E-state index in [0.29, 0.717) is 45.2 Å². The van der Waals surface area contributed by atoms with Crippen LogP contribution in [0, 0.1) is 25.2 Å². The fraction of sp³-hybridized carbons (Fsp3) is 0.389. The molecule has 1 aromatic carbocycles. The summed E-state index contributed by atoms with van der Waals surface area (Å²) in [5, 5.41) is 15.6. The SMILES string of the molecule is Cc1nn(C(F)F)c(C)c1CC(=O)NCCSCc1ccccc1C#N. The summed E-state index contributed by atoms with van der Waals surface area (Å²) in [5.41, 5.74) is 2.93. The highest BCUT2D eigenvalue weighted by molar-refractivity contribution is 7.98. The third-order valence-corrected chi connectivity index (χ3v) is 4.97. The first-order valence-corrected chi connectivity index (χ1v) is 9.24. The van der Waals surface area contributed by atoms with Gasteiger partial charge in [0, 0.05) is 29.3 Å². The van der Waals surface area contributed by atoms with E-state index in [-0.39, 0.29) is 12.3 Å². The number of nitriles is 1. The second-order valence-electron chi connectivity index (χ2n) is 5.72. The third kappa shape index (κ3) is 5.05. The van der Waals surface area contributed by atoms with E-state index in [2.05, 4.69) is 16.5 Å². The van der Waals surface area contributed by atoms with Gasteiger partial charge in [0.25, 0.3) is 0 Å². The highest BCUT2D eigenvalue weighted by Gasteiger charge is 2.18. The van der Waals surface area contributed by atoms with Crippen LogP contribution in [0.2, 0.25) is 0 Å². The molecule has 0 aliphatic carbocycles. The molecule has 5 nitrogen and oxygen atoms in total. The average molecular weight is 378 g/mol. The summed E-state index contributed by atoms with van der Waals surface area (Å²) in [5.74, 6) is 1.17. The van der Waals surface area contributed by atoms with Crippen LogP contribution in [0.3, 0.4) is 0 Å². The van der Waals surface area contributed by atoms with Gasteiger partial charge in [-0.05, 0) is 25.5 Å². The van der Waals surface area contributed by atoms with E-state index in [1.54, 1.807) is 24.8 Å². The summed E-state index contributed by atoms with van der Waals surface area (Å²) < 4.78 is 26.3. The molecule has 138 valence electrons. The minimum Gasteiger partial charge on any atom is -0.355 e. The Balaban J connectivity index is 1.77. The Morgan fingerprint density at radius 1 is 1.38 bits per heavy atom. The maximum absolute atomic E-state index is 12.8. The van der Waals surface area contributed by atoms with Gasteiger partial charge in [-0.2, -0.15) is 30.9 Å². The van der Waals surface area contributed by atoms with Crippen LogP contribution in [0.5, 0.6) is 0 Å². The van der Waals surface area contributed by atoms with Crippen LogP contribution >= 0.6 is 11.8 Å². The molecule has 1 aromatic heterocycles. The number of halogens is 2. The van der Waals surface area contributed by atoms with Crippen LogP contribution in [-0.4, -0.2) is 28.0 Å². The summed E-state index contributed by atoms with van der Waals surface area (Å²) in [7, 11) is 0. The molecule has 0 fully saturated rings. The minimum absolute atomic E-state index is 0.0340. The Morgan fingerprint density at radius 3 is 2.77 bits per heavy atom. The van der Waals surface area contributed by atoms with E-state index >= 15 is 0 Å². The zero-order valence-corrected chi connectivity index (χ0v) is 15.4. The number of thioether (sulfide) groups is 1. The van der Waals surface area contributed by atoms with Crippen molar-refractivity contribution < 1.29 is 13.6 Å². The number of aryl methyl sites for hydroxylation is 1. The monoisotopic (exact) mass is 378 g/mol. The van der Waals surface area contributed by atoms with Crippen LogP contribution in [-0.2, 0) is 17.0 Å². The maximum atomic E-state index is 12.8. The number of carbonyl (C=O) groups excluding carboxylic acids is 1. The van der Waals surface area contributed by atoms with Crippen LogP contribution in [0.15, 0.2) is 24.3 Å². The van der Waals surface area contributed by atoms with Gasteiger partial charge < -0.3 is 5.32 Å². The fourth-order valence-electron chi connectivity index (χ4n) is 2.57. The Morgan fingerprint density at radius 2 is 2.12 bits per heavy atom. The van der Waals surface area contributed by atoms with E-state index in [0.717, 1.165) is 5.56 Å². The summed E-state index contributed by atoms with van der Waals surface area (Å²) >= 11 is 1.62. The van der Waals surface area contributed by atoms with Crippen LogP contribution < -0.4 is 5.32 Å². The number of carbonyl (C=O) groups is 1. The number of benzene rings is 1. The second-order valence-corrected chi connectivity index (χ2v) is 6.83. The van der Waals surface area contributed by atoms with Crippen LogP contribution in [0.25, 0.3) is 0 Å². The van der Waals surface area contributed by atoms with Crippen molar-refractivity contribution in [2.75, 3.05) is 12.3 Å². The summed E-state index contributed by atoms with van der Waals surface area (Å²) in [4.78, 5) is 12.0. The predicted molar refractivity (Wildman–Crippen MR) is 97.0 cm³/mol. The number of alkyl halides is 2. The summed E-state index contributed by atoms with van der Waals surface area (Å²) in [6, 6.07) is 9.57. The van der Waals surface area contributed by atoms with Gasteiger partial charge >= 0.3 is 6.55 Å². The van der Waals surface area contributed by atoms with Gasteiger partial charge in [-0.25, -0.2) is 4.68 Å². The molecule has 2 aromatic rings. The number of hydrogen-bond acceptors (Lipinski definition) is 4. The Labute approximate surface area is 155 Å². The molecule has 0 aliphatic rings. The molecular formula is C18H20F2N4OS. The van der Waals surface area contributed by atoms with Gasteiger partial charge in [0.1, 0.15) is 0 Å². The van der Waals surface area contributed by atoms with E-state index in [1.165, 1.54) is 6.92 Å². The molecule has 26 heavy (non-hydrogen) atoms. The van der Waals surface area contributed by atoms with Crippen molar-refractivity contribution in [2.24, 2.45) is 0 Å². The van der Waals surface area contributed by atoms with Gasteiger partial charge in [-0.15, -0.1) is 0 Å². The Kier molecular flexibility index (Phi) is 7.16. The Hall–Kier alpha value is -2.40. The first-order valence-electron chi connectivity index (χ1n) is 8.09. The average Bonchev–Trinajstić information content (AvgIpc) is 2.90. The van der Waals surface area contributed by atoms with E-state index in [9.17, 15) is 13.6 Å². The number of nitrogens with one attached hydrogen (secondary N) is 1. The molecule has 0 saturated carbocycles. The highest BCUT2D eigenvalue weighted by Crippen LogP contribution is 2.19. The predicted octanol–water partition coefficient (Wildman–Crippen LogP) is 3.36. The lowest BCUT2D eigenvalue weighted by Crippen LogP contribution is -2.27. The molecule has 8 heteroatoms. The summed E-state index contributed by atoms with van der Waals surface area (Å²) in [6.07, 6.45) is 0.0340. The molecule has 1 heterocycles. The van der Waals surface area contributed by atoms with Crippen molar-refractivity contribution in [1.29, 1.82) is 5.26 Å². The smallest absolute Gasteiger partial charge is 0.333 e. The van der Waals surface area contributed by atoms with Crippen molar-refractivity contribution in [2.45, 2.75) is 32.6 Å². The normalized spacial score (nSPS) is 10.8. The molecule has 1 N–H and O–H groups in total. The van der Waals surface area contributed by atoms with E-state index < -0.39 is 6.55 Å². The first-order chi connectivity index (χ1) is 12.4. The molecule has 0 bridgehead atoms. The highest BCUT2D eigenvalue weighted by atomic mass is 32.2. The van der Waals surface area contributed by atoms with Gasteiger partial charge in [0.05, 0.1) is 23.7 Å². The van der Waals surface area contributed by atoms with Crippen molar-refractivity contribution >= 4 is 17.7 Å². The van der Waals surface area contributed by atoms with Gasteiger partial charge in [0.2, 0.25) is 5.91 Å². The maximum Gasteiger partial charge on any atom is 0.333 e. The van der Waals surface area contributed by atoms with Crippen molar-refractivity contribution in [3.05, 3.63) is 52.3 Å². The number of hydrogen-bond donors (Lipinski definition) is 1. The molecule has 0 saturated heterocycles. The molecular weight excluding hydrogens is 358 g/mol. The minimum atomic E-state index is -2.71. The lowest BCUT2D eigenvalue weighted by molar-refractivity contribution is -0.120. The van der Waals surface area contributed by atoms with Crippen molar-refractivity contribution in [1.82, 2.24) is 15.1 Å². The topological polar surface area (TPSA) is 70.7 Å². The zero-order chi connectivity index (χ0) is 19.1. The van der Waals surface area contributed by atoms with Gasteiger partial charge in [-0.1, -0.05) is 18.2 Å². The largest absolute Gasteiger partial charge is 0.355 e. The lowest BCUT2D eigenvalue weighted by atomic mass is 10.1. The van der Waals surface area contributed by atoms with Gasteiger partial charge in [-0.3, -0.25) is 4.79 Å². The van der Waals surface area contributed by atoms with Crippen molar-refractivity contribution in [3.63, 3.8) is 0 Å². The molecule has 0 spiro atoms. The molecule has 0 aliphatic heterocycles. The fourth-order valence-corrected chi connectivity index (χ4v) is 3.43. The standard InChI is InChI=1S/C18H20F2N4OS/c1-12-16(13(2)24(23-12)18(19)20)9-17(25)22-7-8-26-11-15-6-4-3-5-14(15)10-21/h3-6,18H,7-9,11H2,1-2H3,(H,22,25). The molecule has 0 atom stereocenters. The first kappa shape index (κ1) is 19.9. The third-order valence-electron chi connectivity index (χ3n) is 3.96. The molecule has 1 amide bonds. The number of nitrogens with zero attached hydrogens (tertiary/aromatic N) is 3.